The van der Waals surface area contributed by atoms with E-state index in [0.29, 0.717) is 5.69 Å². The van der Waals surface area contributed by atoms with Crippen molar-refractivity contribution in [3.63, 3.8) is 0 Å². The predicted molar refractivity (Wildman–Crippen MR) is 55.1 cm³/mol. The van der Waals surface area contributed by atoms with E-state index in [1.165, 1.54) is 12.3 Å². The second-order valence-corrected chi connectivity index (χ2v) is 3.31. The van der Waals surface area contributed by atoms with E-state index in [1.807, 2.05) is 0 Å². The van der Waals surface area contributed by atoms with Crippen LogP contribution < -0.4 is 10.5 Å². The Bertz CT molecular complexity index is 411. The molecule has 15 heavy (non-hydrogen) atoms. The van der Waals surface area contributed by atoms with Gasteiger partial charge in [0, 0.05) is 20.2 Å². The molecule has 0 unspecified atom stereocenters. The smallest absolute Gasteiger partial charge is 0.305 e. The summed E-state index contributed by atoms with van der Waals surface area (Å²) in [5.74, 6) is -0.944. The highest BCUT2D eigenvalue weighted by Crippen LogP contribution is 2.03. The summed E-state index contributed by atoms with van der Waals surface area (Å²) in [5, 5.41) is 12.3. The fourth-order valence-electron chi connectivity index (χ4n) is 1.04. The third-order valence-electron chi connectivity index (χ3n) is 1.91. The summed E-state index contributed by atoms with van der Waals surface area (Å²) in [5.41, 5.74) is 0.411. The minimum Gasteiger partial charge on any atom is -0.481 e. The molecule has 0 amide bonds. The Morgan fingerprint density at radius 1 is 1.60 bits per heavy atom. The van der Waals surface area contributed by atoms with Crippen LogP contribution in [0.4, 0.5) is 5.69 Å². The number of rotatable bonds is 4. The van der Waals surface area contributed by atoms with Crippen LogP contribution in [0, 0.1) is 0 Å². The van der Waals surface area contributed by atoms with E-state index in [9.17, 15) is 9.59 Å². The van der Waals surface area contributed by atoms with E-state index < -0.39 is 5.97 Å². The molecule has 0 spiro atoms. The molecule has 1 aromatic heterocycles. The predicted octanol–water partition coefficient (Wildman–Crippen LogP) is -0.216. The van der Waals surface area contributed by atoms with Crippen LogP contribution in [-0.2, 0) is 11.3 Å². The Morgan fingerprint density at radius 2 is 2.27 bits per heavy atom. The molecule has 0 atom stereocenters. The van der Waals surface area contributed by atoms with Crippen molar-refractivity contribution in [2.45, 2.75) is 13.0 Å². The molecule has 1 aromatic rings. The van der Waals surface area contributed by atoms with E-state index in [0.717, 1.165) is 4.68 Å². The number of aryl methyl sites for hydroxylation is 1. The third kappa shape index (κ3) is 3.08. The van der Waals surface area contributed by atoms with Crippen LogP contribution in [0.3, 0.4) is 0 Å². The lowest BCUT2D eigenvalue weighted by atomic mass is 10.4. The molecule has 0 aromatic carbocycles. The van der Waals surface area contributed by atoms with Crippen molar-refractivity contribution in [3.8, 4) is 0 Å². The van der Waals surface area contributed by atoms with Crippen molar-refractivity contribution in [2.75, 3.05) is 19.0 Å². The number of carboxylic acid groups (broad SMARTS) is 1. The van der Waals surface area contributed by atoms with Crippen LogP contribution in [0.15, 0.2) is 17.1 Å². The lowest BCUT2D eigenvalue weighted by Crippen LogP contribution is -2.25. The largest absolute Gasteiger partial charge is 0.481 e. The Balaban J connectivity index is 2.84. The quantitative estimate of drug-likeness (QED) is 0.745. The average Bonchev–Trinajstić information content (AvgIpc) is 2.15. The molecule has 1 N–H and O–H groups in total. The molecule has 0 aliphatic rings. The van der Waals surface area contributed by atoms with Gasteiger partial charge in [-0.2, -0.15) is 5.10 Å². The first kappa shape index (κ1) is 11.2. The fourth-order valence-corrected chi connectivity index (χ4v) is 1.04. The van der Waals surface area contributed by atoms with Crippen molar-refractivity contribution in [1.29, 1.82) is 0 Å². The number of aromatic nitrogens is 2. The number of nitrogens with zero attached hydrogens (tertiary/aromatic N) is 3. The number of aliphatic carboxylic acids is 1. The number of carboxylic acids is 1. The number of anilines is 1. The summed E-state index contributed by atoms with van der Waals surface area (Å²) >= 11 is 0. The maximum atomic E-state index is 11.4. The monoisotopic (exact) mass is 211 g/mol. The highest BCUT2D eigenvalue weighted by atomic mass is 16.4. The summed E-state index contributed by atoms with van der Waals surface area (Å²) in [4.78, 5) is 23.5. The van der Waals surface area contributed by atoms with Crippen LogP contribution in [-0.4, -0.2) is 35.0 Å². The molecule has 1 heterocycles. The zero-order valence-corrected chi connectivity index (χ0v) is 8.67. The Kier molecular flexibility index (Phi) is 3.43. The highest BCUT2D eigenvalue weighted by Gasteiger charge is 2.03. The van der Waals surface area contributed by atoms with Crippen molar-refractivity contribution in [1.82, 2.24) is 9.78 Å². The van der Waals surface area contributed by atoms with Gasteiger partial charge in [0.25, 0.3) is 5.56 Å². The van der Waals surface area contributed by atoms with Crippen molar-refractivity contribution in [2.24, 2.45) is 0 Å². The van der Waals surface area contributed by atoms with Gasteiger partial charge in [0.15, 0.2) is 0 Å². The van der Waals surface area contributed by atoms with Gasteiger partial charge >= 0.3 is 5.97 Å². The van der Waals surface area contributed by atoms with Gasteiger partial charge in [-0.15, -0.1) is 0 Å². The van der Waals surface area contributed by atoms with Gasteiger partial charge in [0.05, 0.1) is 24.8 Å². The number of carbonyl (C=O) groups is 1. The molecule has 0 saturated carbocycles. The molecule has 0 bridgehead atoms. The molecule has 82 valence electrons. The van der Waals surface area contributed by atoms with Crippen molar-refractivity contribution < 1.29 is 9.90 Å². The summed E-state index contributed by atoms with van der Waals surface area (Å²) < 4.78 is 1.14. The first-order valence-corrected chi connectivity index (χ1v) is 4.47. The average molecular weight is 211 g/mol. The van der Waals surface area contributed by atoms with E-state index in [2.05, 4.69) is 5.10 Å². The molecule has 0 fully saturated rings. The second-order valence-electron chi connectivity index (χ2n) is 3.31. The van der Waals surface area contributed by atoms with E-state index in [1.54, 1.807) is 19.0 Å². The minimum atomic E-state index is -0.944. The normalized spacial score (nSPS) is 10.0. The summed E-state index contributed by atoms with van der Waals surface area (Å²) in [6.45, 7) is 0.0991. The van der Waals surface area contributed by atoms with Crippen LogP contribution in [0.2, 0.25) is 0 Å². The summed E-state index contributed by atoms with van der Waals surface area (Å²) in [6, 6.07) is 1.43. The molecular formula is C9H13N3O3. The molecular weight excluding hydrogens is 198 g/mol. The van der Waals surface area contributed by atoms with E-state index in [-0.39, 0.29) is 18.5 Å². The molecule has 0 radical (unpaired) electrons. The first-order chi connectivity index (χ1) is 7.00. The molecule has 1 rings (SSSR count). The summed E-state index contributed by atoms with van der Waals surface area (Å²) in [7, 11) is 3.61. The van der Waals surface area contributed by atoms with Crippen LogP contribution in [0.1, 0.15) is 6.42 Å². The van der Waals surface area contributed by atoms with Gasteiger partial charge in [-0.3, -0.25) is 9.59 Å². The van der Waals surface area contributed by atoms with Gasteiger partial charge in [0.1, 0.15) is 0 Å². The number of hydrogen-bond donors (Lipinski definition) is 1. The standard InChI is InChI=1S/C9H13N3O3/c1-11(2)7-5-8(13)12(10-6-7)4-3-9(14)15/h5-6H,3-4H2,1-2H3,(H,14,15). The molecule has 6 heteroatoms. The van der Waals surface area contributed by atoms with Crippen LogP contribution in [0.25, 0.3) is 0 Å². The van der Waals surface area contributed by atoms with E-state index in [4.69, 9.17) is 5.11 Å². The zero-order chi connectivity index (χ0) is 11.4. The highest BCUT2D eigenvalue weighted by molar-refractivity contribution is 5.66. The van der Waals surface area contributed by atoms with Crippen LogP contribution >= 0.6 is 0 Å². The fraction of sp³-hybridized carbons (Fsp3) is 0.444. The Morgan fingerprint density at radius 3 is 2.73 bits per heavy atom. The summed E-state index contributed by atoms with van der Waals surface area (Å²) in [6.07, 6.45) is 1.43. The molecule has 6 nitrogen and oxygen atoms in total. The van der Waals surface area contributed by atoms with Gasteiger partial charge < -0.3 is 10.0 Å². The SMILES string of the molecule is CN(C)c1cnn(CCC(=O)O)c(=O)c1. The number of hydrogen-bond acceptors (Lipinski definition) is 4. The lowest BCUT2D eigenvalue weighted by molar-refractivity contribution is -0.137. The third-order valence-corrected chi connectivity index (χ3v) is 1.91. The minimum absolute atomic E-state index is 0.0991. The van der Waals surface area contributed by atoms with Gasteiger partial charge in [-0.25, -0.2) is 4.68 Å². The molecule has 0 aliphatic heterocycles. The van der Waals surface area contributed by atoms with Crippen molar-refractivity contribution in [3.05, 3.63) is 22.6 Å². The lowest BCUT2D eigenvalue weighted by Gasteiger charge is -2.11. The van der Waals surface area contributed by atoms with E-state index >= 15 is 0 Å². The topological polar surface area (TPSA) is 75.4 Å². The zero-order valence-electron chi connectivity index (χ0n) is 8.67. The van der Waals surface area contributed by atoms with Gasteiger partial charge in [-0.1, -0.05) is 0 Å². The molecule has 0 saturated heterocycles. The Hall–Kier alpha value is -1.85. The maximum Gasteiger partial charge on any atom is 0.305 e. The van der Waals surface area contributed by atoms with Gasteiger partial charge in [-0.05, 0) is 0 Å². The van der Waals surface area contributed by atoms with Gasteiger partial charge in [0.2, 0.25) is 0 Å². The van der Waals surface area contributed by atoms with Crippen molar-refractivity contribution >= 4 is 11.7 Å². The molecule has 0 aliphatic carbocycles. The Labute approximate surface area is 86.8 Å². The maximum absolute atomic E-state index is 11.4. The van der Waals surface area contributed by atoms with Crippen LogP contribution in [0.5, 0.6) is 0 Å². The first-order valence-electron chi connectivity index (χ1n) is 4.47. The second kappa shape index (κ2) is 4.59.